The maximum atomic E-state index is 11.8. The van der Waals surface area contributed by atoms with Crippen molar-refractivity contribution in [3.05, 3.63) is 64.5 Å². The predicted octanol–water partition coefficient (Wildman–Crippen LogP) is 3.96. The van der Waals surface area contributed by atoms with Crippen LogP contribution in [0.5, 0.6) is 0 Å². The van der Waals surface area contributed by atoms with Crippen molar-refractivity contribution in [2.75, 3.05) is 5.32 Å². The zero-order valence-electron chi connectivity index (χ0n) is 11.4. The van der Waals surface area contributed by atoms with Gasteiger partial charge in [0.15, 0.2) is 0 Å². The molecule has 2 aromatic heterocycles. The first-order chi connectivity index (χ1) is 10.6. The van der Waals surface area contributed by atoms with Crippen LogP contribution in [0.15, 0.2) is 48.8 Å². The van der Waals surface area contributed by atoms with Crippen molar-refractivity contribution in [2.45, 2.75) is 6.54 Å². The lowest BCUT2D eigenvalue weighted by Gasteiger charge is -2.06. The highest BCUT2D eigenvalue weighted by Gasteiger charge is 2.05. The monoisotopic (exact) mass is 334 g/mol. The van der Waals surface area contributed by atoms with Crippen molar-refractivity contribution in [3.8, 4) is 0 Å². The van der Waals surface area contributed by atoms with Crippen LogP contribution in [0.3, 0.4) is 0 Å². The summed E-state index contributed by atoms with van der Waals surface area (Å²) in [7, 11) is 0. The molecule has 2 heterocycles. The van der Waals surface area contributed by atoms with E-state index in [2.05, 4.69) is 15.6 Å². The number of hydrogen-bond donors (Lipinski definition) is 2. The lowest BCUT2D eigenvalue weighted by atomic mass is 10.3. The molecule has 5 nitrogen and oxygen atoms in total. The van der Waals surface area contributed by atoms with E-state index in [1.165, 1.54) is 0 Å². The number of nitrogens with zero attached hydrogens (tertiary/aromatic N) is 2. The third kappa shape index (κ3) is 3.50. The van der Waals surface area contributed by atoms with Gasteiger partial charge in [0.25, 0.3) is 0 Å². The van der Waals surface area contributed by atoms with E-state index >= 15 is 0 Å². The number of imidazole rings is 1. The van der Waals surface area contributed by atoms with E-state index in [9.17, 15) is 4.79 Å². The number of pyridine rings is 1. The van der Waals surface area contributed by atoms with Gasteiger partial charge in [0.2, 0.25) is 0 Å². The topological polar surface area (TPSA) is 58.4 Å². The Kier molecular flexibility index (Phi) is 4.18. The standard InChI is InChI=1S/C15H12Cl2N4O/c16-10-1-3-12(4-2-10)20-15(22)18-8-13-9-21-6-5-11(17)7-14(21)19-13/h1-7,9H,8H2,(H2,18,20,22). The van der Waals surface area contributed by atoms with Crippen LogP contribution in [0.4, 0.5) is 10.5 Å². The van der Waals surface area contributed by atoms with E-state index in [-0.39, 0.29) is 6.03 Å². The fraction of sp³-hybridized carbons (Fsp3) is 0.0667. The minimum atomic E-state index is -0.308. The van der Waals surface area contributed by atoms with Crippen molar-refractivity contribution in [1.82, 2.24) is 14.7 Å². The Morgan fingerprint density at radius 2 is 1.91 bits per heavy atom. The van der Waals surface area contributed by atoms with E-state index in [1.807, 2.05) is 16.8 Å². The average molecular weight is 335 g/mol. The molecule has 0 aliphatic carbocycles. The molecule has 3 rings (SSSR count). The molecule has 0 saturated heterocycles. The highest BCUT2D eigenvalue weighted by atomic mass is 35.5. The molecule has 22 heavy (non-hydrogen) atoms. The van der Waals surface area contributed by atoms with Crippen molar-refractivity contribution < 1.29 is 4.79 Å². The van der Waals surface area contributed by atoms with Gasteiger partial charge >= 0.3 is 6.03 Å². The van der Waals surface area contributed by atoms with Crippen molar-refractivity contribution in [1.29, 1.82) is 0 Å². The van der Waals surface area contributed by atoms with Gasteiger partial charge in [-0.25, -0.2) is 9.78 Å². The molecule has 0 unspecified atom stereocenters. The summed E-state index contributed by atoms with van der Waals surface area (Å²) in [5, 5.41) is 6.71. The van der Waals surface area contributed by atoms with Gasteiger partial charge < -0.3 is 15.0 Å². The third-order valence-corrected chi connectivity index (χ3v) is 3.49. The Morgan fingerprint density at radius 1 is 1.14 bits per heavy atom. The molecular formula is C15H12Cl2N4O. The molecule has 112 valence electrons. The highest BCUT2D eigenvalue weighted by molar-refractivity contribution is 6.31. The number of urea groups is 1. The highest BCUT2D eigenvalue weighted by Crippen LogP contribution is 2.14. The summed E-state index contributed by atoms with van der Waals surface area (Å²) in [6.45, 7) is 0.318. The molecule has 2 amide bonds. The molecule has 0 spiro atoms. The van der Waals surface area contributed by atoms with Crippen LogP contribution >= 0.6 is 23.2 Å². The van der Waals surface area contributed by atoms with Crippen molar-refractivity contribution in [2.24, 2.45) is 0 Å². The molecule has 3 aromatic rings. The molecular weight excluding hydrogens is 323 g/mol. The smallest absolute Gasteiger partial charge is 0.319 e. The molecule has 0 aliphatic rings. The number of amides is 2. The molecule has 2 N–H and O–H groups in total. The summed E-state index contributed by atoms with van der Waals surface area (Å²) in [6.07, 6.45) is 3.66. The Hall–Kier alpha value is -2.24. The molecule has 7 heteroatoms. The first-order valence-electron chi connectivity index (χ1n) is 6.54. The summed E-state index contributed by atoms with van der Waals surface area (Å²) in [5.74, 6) is 0. The van der Waals surface area contributed by atoms with E-state index in [4.69, 9.17) is 23.2 Å². The lowest BCUT2D eigenvalue weighted by Crippen LogP contribution is -2.28. The SMILES string of the molecule is O=C(NCc1cn2ccc(Cl)cc2n1)Nc1ccc(Cl)cc1. The number of hydrogen-bond acceptors (Lipinski definition) is 2. The molecule has 0 bridgehead atoms. The lowest BCUT2D eigenvalue weighted by molar-refractivity contribution is 0.251. The number of rotatable bonds is 3. The Labute approximate surface area is 136 Å². The number of nitrogens with one attached hydrogen (secondary N) is 2. The van der Waals surface area contributed by atoms with Crippen LogP contribution in [-0.4, -0.2) is 15.4 Å². The van der Waals surface area contributed by atoms with Crippen LogP contribution in [0.25, 0.3) is 5.65 Å². The fourth-order valence-electron chi connectivity index (χ4n) is 1.97. The minimum Gasteiger partial charge on any atom is -0.332 e. The number of fused-ring (bicyclic) bond motifs is 1. The van der Waals surface area contributed by atoms with Crippen LogP contribution in [0, 0.1) is 0 Å². The zero-order valence-corrected chi connectivity index (χ0v) is 12.9. The Morgan fingerprint density at radius 3 is 2.68 bits per heavy atom. The van der Waals surface area contributed by atoms with Gasteiger partial charge in [-0.15, -0.1) is 0 Å². The van der Waals surface area contributed by atoms with E-state index in [0.29, 0.717) is 22.3 Å². The van der Waals surface area contributed by atoms with Gasteiger partial charge in [-0.2, -0.15) is 0 Å². The largest absolute Gasteiger partial charge is 0.332 e. The second-order valence-corrected chi connectivity index (χ2v) is 5.53. The summed E-state index contributed by atoms with van der Waals surface area (Å²) < 4.78 is 1.85. The van der Waals surface area contributed by atoms with Gasteiger partial charge in [-0.1, -0.05) is 23.2 Å². The molecule has 1 aromatic carbocycles. The van der Waals surface area contributed by atoms with Crippen LogP contribution in [-0.2, 0) is 6.54 Å². The molecule has 0 atom stereocenters. The summed E-state index contributed by atoms with van der Waals surface area (Å²) in [5.41, 5.74) is 2.15. The van der Waals surface area contributed by atoms with E-state index < -0.39 is 0 Å². The van der Waals surface area contributed by atoms with Crippen LogP contribution in [0.2, 0.25) is 10.0 Å². The van der Waals surface area contributed by atoms with Gasteiger partial charge in [0.05, 0.1) is 12.2 Å². The van der Waals surface area contributed by atoms with Gasteiger partial charge in [0, 0.05) is 28.1 Å². The van der Waals surface area contributed by atoms with Crippen molar-refractivity contribution in [3.63, 3.8) is 0 Å². The molecule has 0 saturated carbocycles. The molecule has 0 radical (unpaired) electrons. The number of carbonyl (C=O) groups excluding carboxylic acids is 1. The van der Waals surface area contributed by atoms with Crippen LogP contribution < -0.4 is 10.6 Å². The van der Waals surface area contributed by atoms with E-state index in [0.717, 1.165) is 11.3 Å². The zero-order chi connectivity index (χ0) is 15.5. The van der Waals surface area contributed by atoms with Crippen molar-refractivity contribution >= 4 is 40.6 Å². The number of anilines is 1. The maximum absolute atomic E-state index is 11.8. The third-order valence-electron chi connectivity index (χ3n) is 3.00. The summed E-state index contributed by atoms with van der Waals surface area (Å²) >= 11 is 11.7. The number of carbonyl (C=O) groups is 1. The second-order valence-electron chi connectivity index (χ2n) is 4.66. The normalized spacial score (nSPS) is 10.6. The van der Waals surface area contributed by atoms with Crippen LogP contribution in [0.1, 0.15) is 5.69 Å². The van der Waals surface area contributed by atoms with Gasteiger partial charge in [-0.05, 0) is 36.4 Å². The minimum absolute atomic E-state index is 0.308. The Bertz CT molecular complexity index is 814. The van der Waals surface area contributed by atoms with E-state index in [1.54, 1.807) is 36.4 Å². The second kappa shape index (κ2) is 6.25. The van der Waals surface area contributed by atoms with Gasteiger partial charge in [-0.3, -0.25) is 0 Å². The summed E-state index contributed by atoms with van der Waals surface area (Å²) in [4.78, 5) is 16.2. The number of benzene rings is 1. The number of halogens is 2. The Balaban J connectivity index is 1.61. The number of aromatic nitrogens is 2. The summed E-state index contributed by atoms with van der Waals surface area (Å²) in [6, 6.07) is 10.1. The first kappa shape index (κ1) is 14.7. The first-order valence-corrected chi connectivity index (χ1v) is 7.29. The molecule has 0 fully saturated rings. The predicted molar refractivity (Wildman–Crippen MR) is 87.5 cm³/mol. The average Bonchev–Trinajstić information content (AvgIpc) is 2.89. The van der Waals surface area contributed by atoms with Gasteiger partial charge in [0.1, 0.15) is 5.65 Å². The molecule has 0 aliphatic heterocycles. The maximum Gasteiger partial charge on any atom is 0.319 e. The quantitative estimate of drug-likeness (QED) is 0.761. The fourth-order valence-corrected chi connectivity index (χ4v) is 2.25.